The topological polar surface area (TPSA) is 58.2 Å². The molecule has 0 radical (unpaired) electrons. The molecular weight excluding hydrogens is 356 g/mol. The predicted octanol–water partition coefficient (Wildman–Crippen LogP) is 1.99. The van der Waals surface area contributed by atoms with Crippen LogP contribution in [0.5, 0.6) is 0 Å². The lowest BCUT2D eigenvalue weighted by molar-refractivity contribution is 0.0751. The van der Waals surface area contributed by atoms with Crippen molar-refractivity contribution < 1.29 is 8.42 Å². The maximum atomic E-state index is 13.7. The van der Waals surface area contributed by atoms with Gasteiger partial charge in [-0.1, -0.05) is 0 Å². The van der Waals surface area contributed by atoms with E-state index in [2.05, 4.69) is 9.44 Å². The summed E-state index contributed by atoms with van der Waals surface area (Å²) in [4.78, 5) is 0. The van der Waals surface area contributed by atoms with E-state index in [0.29, 0.717) is 35.5 Å². The number of rotatable bonds is 4. The first-order valence-electron chi connectivity index (χ1n) is 11.9. The van der Waals surface area contributed by atoms with Gasteiger partial charge in [0, 0.05) is 11.1 Å². The fraction of sp³-hybridized carbons (Fsp3) is 1.00. The molecule has 12 saturated carbocycles. The zero-order valence-corrected chi connectivity index (χ0v) is 16.4. The summed E-state index contributed by atoms with van der Waals surface area (Å²) in [5, 5.41) is 0. The van der Waals surface area contributed by atoms with Crippen molar-refractivity contribution in [3.8, 4) is 0 Å². The average Bonchev–Trinajstić information content (AvgIpc) is 3.39. The molecule has 0 aliphatic heterocycles. The van der Waals surface area contributed by atoms with E-state index >= 15 is 0 Å². The van der Waals surface area contributed by atoms with E-state index in [1.54, 1.807) is 0 Å². The van der Waals surface area contributed by atoms with Crippen LogP contribution in [0.25, 0.3) is 0 Å². The van der Waals surface area contributed by atoms with Crippen LogP contribution in [-0.4, -0.2) is 19.5 Å². The molecule has 12 fully saturated rings. The maximum absolute atomic E-state index is 13.7. The molecule has 0 aromatic rings. The Hall–Kier alpha value is -0.130. The summed E-state index contributed by atoms with van der Waals surface area (Å²) in [6.45, 7) is 0. The molecule has 0 spiro atoms. The van der Waals surface area contributed by atoms with Crippen LogP contribution < -0.4 is 9.44 Å². The van der Waals surface area contributed by atoms with Gasteiger partial charge in [-0.2, -0.15) is 17.9 Å². The molecule has 0 unspecified atom stereocenters. The van der Waals surface area contributed by atoms with Crippen LogP contribution in [0, 0.1) is 82.9 Å². The zero-order chi connectivity index (χ0) is 17.2. The van der Waals surface area contributed by atoms with E-state index < -0.39 is 10.2 Å². The van der Waals surface area contributed by atoms with Gasteiger partial charge in [-0.3, -0.25) is 0 Å². The minimum atomic E-state index is -3.41. The highest BCUT2D eigenvalue weighted by atomic mass is 32.2. The smallest absolute Gasteiger partial charge is 0.195 e. The summed E-state index contributed by atoms with van der Waals surface area (Å²) in [7, 11) is -3.41. The maximum Gasteiger partial charge on any atom is 0.277 e. The van der Waals surface area contributed by atoms with E-state index in [1.807, 2.05) is 0 Å². The summed E-state index contributed by atoms with van der Waals surface area (Å²) in [6.07, 6.45) is 7.92. The van der Waals surface area contributed by atoms with Gasteiger partial charge in [0.2, 0.25) is 0 Å². The van der Waals surface area contributed by atoms with Crippen LogP contribution in [0.1, 0.15) is 38.5 Å². The van der Waals surface area contributed by atoms with Gasteiger partial charge in [0.05, 0.1) is 0 Å². The lowest BCUT2D eigenvalue weighted by Gasteiger charge is -2.49. The third-order valence-electron chi connectivity index (χ3n) is 12.3. The van der Waals surface area contributed by atoms with Crippen molar-refractivity contribution in [2.45, 2.75) is 49.6 Å². The second-order valence-electron chi connectivity index (χ2n) is 12.8. The monoisotopic (exact) mass is 384 g/mol. The third kappa shape index (κ3) is 1.27. The van der Waals surface area contributed by atoms with E-state index in [-0.39, 0.29) is 11.1 Å². The van der Waals surface area contributed by atoms with Crippen molar-refractivity contribution in [2.75, 3.05) is 0 Å². The zero-order valence-electron chi connectivity index (χ0n) is 15.6. The van der Waals surface area contributed by atoms with Gasteiger partial charge in [0.15, 0.2) is 0 Å². The molecule has 12 atom stereocenters. The van der Waals surface area contributed by atoms with Gasteiger partial charge >= 0.3 is 0 Å². The SMILES string of the molecule is O=S(=O)(NC12[C@H]3C[C@H]3C([C@@H]3C[C@@H]31)[C@@H]1C[C@@H]12)NC12[C@H]3C[C@H]3C([C@@H]3C[C@@H]31)[C@@H]1C[C@@H]12. The number of hydrogen-bond acceptors (Lipinski definition) is 2. The van der Waals surface area contributed by atoms with Gasteiger partial charge in [-0.25, -0.2) is 0 Å². The van der Waals surface area contributed by atoms with Crippen molar-refractivity contribution in [3.63, 3.8) is 0 Å². The van der Waals surface area contributed by atoms with Crippen molar-refractivity contribution >= 4 is 10.2 Å². The van der Waals surface area contributed by atoms with Gasteiger partial charge in [0.1, 0.15) is 0 Å². The molecule has 2 N–H and O–H groups in total. The van der Waals surface area contributed by atoms with Crippen molar-refractivity contribution in [1.29, 1.82) is 0 Å². The summed E-state index contributed by atoms with van der Waals surface area (Å²) in [5.41, 5.74) is -0.0596. The summed E-state index contributed by atoms with van der Waals surface area (Å²) in [6, 6.07) is 0. The van der Waals surface area contributed by atoms with E-state index in [9.17, 15) is 8.42 Å². The van der Waals surface area contributed by atoms with Crippen LogP contribution in [-0.2, 0) is 10.2 Å². The fourth-order valence-corrected chi connectivity index (χ4v) is 13.5. The molecule has 12 aliphatic carbocycles. The Morgan fingerprint density at radius 1 is 0.519 bits per heavy atom. The number of hydrogen-bond donors (Lipinski definition) is 2. The Balaban J connectivity index is 1.05. The summed E-state index contributed by atoms with van der Waals surface area (Å²) in [5.74, 6) is 11.3. The van der Waals surface area contributed by atoms with Gasteiger partial charge in [0.25, 0.3) is 10.2 Å². The lowest BCUT2D eigenvalue weighted by Crippen LogP contribution is -2.67. The van der Waals surface area contributed by atoms with Gasteiger partial charge in [-0.15, -0.1) is 0 Å². The molecule has 0 aromatic carbocycles. The molecule has 4 bridgehead atoms. The standard InChI is InChI=1S/C22H28N2O2S/c25-27(26,23-21-13-1-7(13)19(8-2-14(8)21)9-3-15(9)21)24-22-16-4-10(16)20(11-5-17(11)22)12-6-18(12)22/h7-20,23-24H,1-6H2/t7-,8-,9-,10-,11-,12-,13+,14+,15+,16+,17+,18+,19?,20?,21?,22?/m1/s1. The summed E-state index contributed by atoms with van der Waals surface area (Å²) >= 11 is 0. The van der Waals surface area contributed by atoms with Gasteiger partial charge in [-0.05, 0) is 121 Å². The molecule has 144 valence electrons. The van der Waals surface area contributed by atoms with Crippen molar-refractivity contribution in [1.82, 2.24) is 9.44 Å². The molecule has 27 heavy (non-hydrogen) atoms. The van der Waals surface area contributed by atoms with E-state index in [1.165, 1.54) is 38.5 Å². The highest BCUT2D eigenvalue weighted by molar-refractivity contribution is 7.87. The first-order valence-corrected chi connectivity index (χ1v) is 13.4. The Morgan fingerprint density at radius 3 is 1.04 bits per heavy atom. The Labute approximate surface area is 160 Å². The van der Waals surface area contributed by atoms with Gasteiger partial charge < -0.3 is 0 Å². The second kappa shape index (κ2) is 3.47. The van der Waals surface area contributed by atoms with Crippen molar-refractivity contribution in [2.24, 2.45) is 82.9 Å². The average molecular weight is 385 g/mol. The molecule has 12 rings (SSSR count). The quantitative estimate of drug-likeness (QED) is 0.779. The number of nitrogens with one attached hydrogen (secondary N) is 2. The Bertz CT molecular complexity index is 800. The van der Waals surface area contributed by atoms with E-state index in [0.717, 1.165) is 47.3 Å². The largest absolute Gasteiger partial charge is 0.277 e. The first-order chi connectivity index (χ1) is 13.0. The Morgan fingerprint density at radius 2 is 0.778 bits per heavy atom. The highest BCUT2D eigenvalue weighted by Gasteiger charge is 2.86. The molecule has 5 heteroatoms. The van der Waals surface area contributed by atoms with E-state index in [4.69, 9.17) is 0 Å². The van der Waals surface area contributed by atoms with Crippen LogP contribution in [0.2, 0.25) is 0 Å². The first kappa shape index (κ1) is 14.0. The van der Waals surface area contributed by atoms with Crippen LogP contribution >= 0.6 is 0 Å². The van der Waals surface area contributed by atoms with Crippen LogP contribution in [0.3, 0.4) is 0 Å². The molecular formula is C22H28N2O2S. The third-order valence-corrected chi connectivity index (χ3v) is 13.6. The fourth-order valence-electron chi connectivity index (χ4n) is 11.6. The Kier molecular flexibility index (Phi) is 1.80. The molecule has 0 amide bonds. The molecule has 0 aromatic heterocycles. The highest BCUT2D eigenvalue weighted by Crippen LogP contribution is 2.85. The van der Waals surface area contributed by atoms with Crippen LogP contribution in [0.15, 0.2) is 0 Å². The molecule has 4 nitrogen and oxygen atoms in total. The van der Waals surface area contributed by atoms with Crippen LogP contribution in [0.4, 0.5) is 0 Å². The molecule has 0 saturated heterocycles. The predicted molar refractivity (Wildman–Crippen MR) is 97.2 cm³/mol. The normalized spacial score (nSPS) is 78.4. The van der Waals surface area contributed by atoms with Crippen molar-refractivity contribution in [3.05, 3.63) is 0 Å². The molecule has 0 heterocycles. The minimum absolute atomic E-state index is 0.0298. The molecule has 12 aliphatic rings. The lowest BCUT2D eigenvalue weighted by atomic mass is 9.66. The second-order valence-corrected chi connectivity index (χ2v) is 14.2. The minimum Gasteiger partial charge on any atom is -0.195 e. The summed E-state index contributed by atoms with van der Waals surface area (Å²) < 4.78 is 34.3.